The Morgan fingerprint density at radius 2 is 2.00 bits per heavy atom. The van der Waals surface area contributed by atoms with Crippen LogP contribution in [0.4, 0.5) is 5.82 Å². The number of nitrogens with zero attached hydrogens (tertiary/aromatic N) is 2. The van der Waals surface area contributed by atoms with Crippen LogP contribution >= 0.6 is 0 Å². The molecule has 0 amide bonds. The molecule has 0 unspecified atom stereocenters. The molecule has 0 radical (unpaired) electrons. The third-order valence-corrected chi connectivity index (χ3v) is 2.67. The summed E-state index contributed by atoms with van der Waals surface area (Å²) < 4.78 is 15.9. The molecule has 0 aromatic carbocycles. The Kier molecular flexibility index (Phi) is 7.86. The first-order valence-corrected chi connectivity index (χ1v) is 6.71. The third-order valence-electron chi connectivity index (χ3n) is 2.67. The first kappa shape index (κ1) is 16.6. The van der Waals surface area contributed by atoms with Gasteiger partial charge in [0.2, 0.25) is 5.88 Å². The summed E-state index contributed by atoms with van der Waals surface area (Å²) in [6.07, 6.45) is 2.22. The summed E-state index contributed by atoms with van der Waals surface area (Å²) in [6.45, 7) is 6.46. The van der Waals surface area contributed by atoms with Crippen molar-refractivity contribution in [2.45, 2.75) is 26.2 Å². The van der Waals surface area contributed by atoms with Gasteiger partial charge in [-0.1, -0.05) is 13.8 Å². The van der Waals surface area contributed by atoms with Crippen molar-refractivity contribution in [2.24, 2.45) is 5.84 Å². The molecule has 0 spiro atoms. The van der Waals surface area contributed by atoms with Crippen molar-refractivity contribution < 1.29 is 14.2 Å². The lowest BCUT2D eigenvalue weighted by Crippen LogP contribution is -2.14. The van der Waals surface area contributed by atoms with Crippen molar-refractivity contribution in [3.63, 3.8) is 0 Å². The van der Waals surface area contributed by atoms with Crippen molar-refractivity contribution in [1.82, 2.24) is 9.97 Å². The zero-order valence-electron chi connectivity index (χ0n) is 12.4. The molecule has 3 N–H and O–H groups in total. The number of nitrogen functional groups attached to an aromatic ring is 1. The fourth-order valence-electron chi connectivity index (χ4n) is 1.70. The molecule has 0 bridgehead atoms. The predicted octanol–water partition coefficient (Wildman–Crippen LogP) is 1.32. The molecule has 0 atom stereocenters. The minimum atomic E-state index is 0.218. The SMILES string of the molecule is COCCOCCCOc1ncnc(NN)c1C(C)C. The summed E-state index contributed by atoms with van der Waals surface area (Å²) in [6, 6.07) is 0. The van der Waals surface area contributed by atoms with E-state index in [9.17, 15) is 0 Å². The van der Waals surface area contributed by atoms with E-state index in [1.807, 2.05) is 13.8 Å². The van der Waals surface area contributed by atoms with Crippen LogP contribution in [0, 0.1) is 0 Å². The van der Waals surface area contributed by atoms with Gasteiger partial charge in [-0.3, -0.25) is 0 Å². The number of nitrogens with one attached hydrogen (secondary N) is 1. The molecule has 1 aromatic rings. The van der Waals surface area contributed by atoms with Crippen molar-refractivity contribution in [1.29, 1.82) is 0 Å². The number of rotatable bonds is 10. The fourth-order valence-corrected chi connectivity index (χ4v) is 1.70. The smallest absolute Gasteiger partial charge is 0.222 e. The maximum Gasteiger partial charge on any atom is 0.222 e. The van der Waals surface area contributed by atoms with Crippen LogP contribution in [-0.4, -0.2) is 43.5 Å². The number of hydrogen-bond donors (Lipinski definition) is 2. The Hall–Kier alpha value is -1.44. The highest BCUT2D eigenvalue weighted by molar-refractivity contribution is 5.49. The molecule has 0 fully saturated rings. The Balaban J connectivity index is 2.43. The van der Waals surface area contributed by atoms with Gasteiger partial charge in [0.1, 0.15) is 6.33 Å². The quantitative estimate of drug-likeness (QED) is 0.380. The van der Waals surface area contributed by atoms with E-state index >= 15 is 0 Å². The molecule has 7 heteroatoms. The second-order valence-electron chi connectivity index (χ2n) is 4.55. The van der Waals surface area contributed by atoms with Crippen molar-refractivity contribution in [2.75, 3.05) is 39.0 Å². The van der Waals surface area contributed by atoms with Gasteiger partial charge in [0.25, 0.3) is 0 Å². The molecule has 114 valence electrons. The standard InChI is InChI=1S/C13H24N4O3/c1-10(2)11-12(17-14)15-9-16-13(11)20-6-4-5-19-8-7-18-3/h9-10H,4-8,14H2,1-3H3,(H,15,16,17). The van der Waals surface area contributed by atoms with E-state index in [2.05, 4.69) is 15.4 Å². The summed E-state index contributed by atoms with van der Waals surface area (Å²) in [5.74, 6) is 6.84. The van der Waals surface area contributed by atoms with Gasteiger partial charge in [0, 0.05) is 20.1 Å². The highest BCUT2D eigenvalue weighted by Crippen LogP contribution is 2.29. The topological polar surface area (TPSA) is 91.5 Å². The zero-order valence-corrected chi connectivity index (χ0v) is 12.4. The summed E-state index contributed by atoms with van der Waals surface area (Å²) in [7, 11) is 1.65. The average molecular weight is 284 g/mol. The molecule has 1 aromatic heterocycles. The van der Waals surface area contributed by atoms with Gasteiger partial charge in [0.15, 0.2) is 5.82 Å². The molecule has 1 heterocycles. The second-order valence-corrected chi connectivity index (χ2v) is 4.55. The van der Waals surface area contributed by atoms with Crippen LogP contribution in [0.1, 0.15) is 31.7 Å². The van der Waals surface area contributed by atoms with Gasteiger partial charge in [0.05, 0.1) is 25.4 Å². The van der Waals surface area contributed by atoms with Crippen molar-refractivity contribution >= 4 is 5.82 Å². The molecule has 0 aliphatic rings. The minimum absolute atomic E-state index is 0.218. The van der Waals surface area contributed by atoms with E-state index < -0.39 is 0 Å². The highest BCUT2D eigenvalue weighted by Gasteiger charge is 2.15. The van der Waals surface area contributed by atoms with Crippen LogP contribution in [-0.2, 0) is 9.47 Å². The Morgan fingerprint density at radius 3 is 2.65 bits per heavy atom. The first-order valence-electron chi connectivity index (χ1n) is 6.71. The van der Waals surface area contributed by atoms with Gasteiger partial charge in [-0.05, 0) is 5.92 Å². The Morgan fingerprint density at radius 1 is 1.20 bits per heavy atom. The van der Waals surface area contributed by atoms with Gasteiger partial charge < -0.3 is 19.6 Å². The zero-order chi connectivity index (χ0) is 14.8. The van der Waals surface area contributed by atoms with Crippen LogP contribution in [0.5, 0.6) is 5.88 Å². The largest absolute Gasteiger partial charge is 0.477 e. The van der Waals surface area contributed by atoms with Crippen LogP contribution in [0.15, 0.2) is 6.33 Å². The van der Waals surface area contributed by atoms with E-state index in [0.717, 1.165) is 12.0 Å². The highest BCUT2D eigenvalue weighted by atomic mass is 16.5. The summed E-state index contributed by atoms with van der Waals surface area (Å²) in [5.41, 5.74) is 3.46. The van der Waals surface area contributed by atoms with E-state index in [0.29, 0.717) is 38.1 Å². The number of hydrazine groups is 1. The number of hydrogen-bond acceptors (Lipinski definition) is 7. The Bertz CT molecular complexity index is 388. The number of anilines is 1. The molecule has 0 saturated heterocycles. The lowest BCUT2D eigenvalue weighted by Gasteiger charge is -2.15. The molecule has 20 heavy (non-hydrogen) atoms. The summed E-state index contributed by atoms with van der Waals surface area (Å²) >= 11 is 0. The number of ether oxygens (including phenoxy) is 3. The fraction of sp³-hybridized carbons (Fsp3) is 0.692. The van der Waals surface area contributed by atoms with Crippen LogP contribution in [0.2, 0.25) is 0 Å². The molecule has 0 saturated carbocycles. The number of methoxy groups -OCH3 is 1. The lowest BCUT2D eigenvalue weighted by atomic mass is 10.1. The van der Waals surface area contributed by atoms with Crippen LogP contribution < -0.4 is 16.0 Å². The molecular weight excluding hydrogens is 260 g/mol. The van der Waals surface area contributed by atoms with Gasteiger partial charge in [-0.25, -0.2) is 15.8 Å². The molecule has 0 aliphatic heterocycles. The summed E-state index contributed by atoms with van der Waals surface area (Å²) in [5, 5.41) is 0. The van der Waals surface area contributed by atoms with E-state index in [-0.39, 0.29) is 5.92 Å². The first-order chi connectivity index (χ1) is 9.70. The maximum atomic E-state index is 5.69. The average Bonchev–Trinajstić information content (AvgIpc) is 2.45. The van der Waals surface area contributed by atoms with Crippen LogP contribution in [0.25, 0.3) is 0 Å². The van der Waals surface area contributed by atoms with Crippen molar-refractivity contribution in [3.8, 4) is 5.88 Å². The molecule has 1 rings (SSSR count). The lowest BCUT2D eigenvalue weighted by molar-refractivity contribution is 0.0641. The van der Waals surface area contributed by atoms with E-state index in [1.54, 1.807) is 7.11 Å². The van der Waals surface area contributed by atoms with Gasteiger partial charge in [-0.2, -0.15) is 0 Å². The van der Waals surface area contributed by atoms with Crippen LogP contribution in [0.3, 0.4) is 0 Å². The van der Waals surface area contributed by atoms with E-state index in [1.165, 1.54) is 6.33 Å². The van der Waals surface area contributed by atoms with Gasteiger partial charge in [-0.15, -0.1) is 0 Å². The van der Waals surface area contributed by atoms with Crippen molar-refractivity contribution in [3.05, 3.63) is 11.9 Å². The predicted molar refractivity (Wildman–Crippen MR) is 76.7 cm³/mol. The third kappa shape index (κ3) is 5.28. The normalized spacial score (nSPS) is 10.8. The minimum Gasteiger partial charge on any atom is -0.477 e. The monoisotopic (exact) mass is 284 g/mol. The Labute approximate surface area is 119 Å². The summed E-state index contributed by atoms with van der Waals surface area (Å²) in [4.78, 5) is 8.26. The molecule has 0 aliphatic carbocycles. The van der Waals surface area contributed by atoms with E-state index in [4.69, 9.17) is 20.1 Å². The second kappa shape index (κ2) is 9.46. The number of aromatic nitrogens is 2. The molecule has 7 nitrogen and oxygen atoms in total. The number of nitrogens with two attached hydrogens (primary N) is 1. The van der Waals surface area contributed by atoms with Gasteiger partial charge >= 0.3 is 0 Å². The molecular formula is C13H24N4O3. The maximum absolute atomic E-state index is 5.69.